The molecule has 3 nitrogen and oxygen atoms in total. The normalized spacial score (nSPS) is 28.4. The highest BCUT2D eigenvalue weighted by Gasteiger charge is 2.41. The first-order chi connectivity index (χ1) is 8.15. The predicted octanol–water partition coefficient (Wildman–Crippen LogP) is 2.45. The van der Waals surface area contributed by atoms with Crippen LogP contribution in [-0.4, -0.2) is 28.0 Å². The van der Waals surface area contributed by atoms with Crippen LogP contribution in [0, 0.1) is 5.92 Å². The molecule has 2 rings (SSSR count). The van der Waals surface area contributed by atoms with E-state index in [1.165, 1.54) is 19.3 Å². The van der Waals surface area contributed by atoms with E-state index in [1.807, 2.05) is 4.90 Å². The molecule has 0 aromatic heterocycles. The number of hydrogen-bond donors (Lipinski definition) is 1. The molecule has 17 heavy (non-hydrogen) atoms. The van der Waals surface area contributed by atoms with E-state index in [0.717, 1.165) is 19.3 Å². The van der Waals surface area contributed by atoms with Gasteiger partial charge in [0.15, 0.2) is 5.11 Å². The Kier molecular flexibility index (Phi) is 4.02. The number of amides is 1. The molecule has 4 heteroatoms. The third kappa shape index (κ3) is 2.46. The number of hydrogen-bond acceptors (Lipinski definition) is 2. The van der Waals surface area contributed by atoms with Crippen molar-refractivity contribution in [2.75, 3.05) is 0 Å². The van der Waals surface area contributed by atoms with Crippen LogP contribution in [0.2, 0.25) is 0 Å². The molecule has 1 saturated carbocycles. The number of nitrogens with one attached hydrogen (secondary N) is 1. The summed E-state index contributed by atoms with van der Waals surface area (Å²) >= 11 is 5.34. The zero-order chi connectivity index (χ0) is 12.4. The van der Waals surface area contributed by atoms with Crippen molar-refractivity contribution in [2.45, 2.75) is 64.5 Å². The van der Waals surface area contributed by atoms with E-state index in [0.29, 0.717) is 17.1 Å². The molecule has 0 aromatic rings. The summed E-state index contributed by atoms with van der Waals surface area (Å²) in [5.41, 5.74) is 0. The SMILES string of the molecule is CC[C@@H](C)[C@@H]1NC(=S)N(C2CCCCC2)C1=O. The lowest BCUT2D eigenvalue weighted by atomic mass is 9.93. The van der Waals surface area contributed by atoms with Gasteiger partial charge in [-0.1, -0.05) is 39.5 Å². The number of rotatable bonds is 3. The Morgan fingerprint density at radius 1 is 1.41 bits per heavy atom. The van der Waals surface area contributed by atoms with Gasteiger partial charge in [0, 0.05) is 6.04 Å². The van der Waals surface area contributed by atoms with Gasteiger partial charge in [0.05, 0.1) is 0 Å². The Bertz CT molecular complexity index is 313. The molecule has 0 aromatic carbocycles. The molecule has 2 fully saturated rings. The standard InChI is InChI=1S/C13H22N2OS/c1-3-9(2)11-12(16)15(13(17)14-11)10-7-5-4-6-8-10/h9-11H,3-8H2,1-2H3,(H,14,17)/t9-,11+/m1/s1. The van der Waals surface area contributed by atoms with Gasteiger partial charge in [-0.15, -0.1) is 0 Å². The first kappa shape index (κ1) is 12.8. The summed E-state index contributed by atoms with van der Waals surface area (Å²) in [5.74, 6) is 0.560. The maximum atomic E-state index is 12.4. The highest BCUT2D eigenvalue weighted by molar-refractivity contribution is 7.80. The van der Waals surface area contributed by atoms with Gasteiger partial charge in [0.1, 0.15) is 6.04 Å². The summed E-state index contributed by atoms with van der Waals surface area (Å²) in [6.45, 7) is 4.23. The Morgan fingerprint density at radius 2 is 2.06 bits per heavy atom. The lowest BCUT2D eigenvalue weighted by Gasteiger charge is -2.30. The molecule has 1 aliphatic heterocycles. The molecule has 0 spiro atoms. The van der Waals surface area contributed by atoms with E-state index in [4.69, 9.17) is 12.2 Å². The highest BCUT2D eigenvalue weighted by atomic mass is 32.1. The van der Waals surface area contributed by atoms with Crippen molar-refractivity contribution in [3.8, 4) is 0 Å². The molecular formula is C13H22N2OS. The fraction of sp³-hybridized carbons (Fsp3) is 0.846. The zero-order valence-corrected chi connectivity index (χ0v) is 11.6. The maximum absolute atomic E-state index is 12.4. The van der Waals surface area contributed by atoms with Crippen LogP contribution in [0.15, 0.2) is 0 Å². The minimum Gasteiger partial charge on any atom is -0.350 e. The van der Waals surface area contributed by atoms with E-state index in [-0.39, 0.29) is 11.9 Å². The first-order valence-electron chi connectivity index (χ1n) is 6.78. The predicted molar refractivity (Wildman–Crippen MR) is 72.7 cm³/mol. The molecule has 96 valence electrons. The molecule has 1 N–H and O–H groups in total. The largest absolute Gasteiger partial charge is 0.350 e. The molecular weight excluding hydrogens is 232 g/mol. The number of nitrogens with zero attached hydrogens (tertiary/aromatic N) is 1. The van der Waals surface area contributed by atoms with Gasteiger partial charge in [-0.25, -0.2) is 0 Å². The summed E-state index contributed by atoms with van der Waals surface area (Å²) in [4.78, 5) is 14.3. The second kappa shape index (κ2) is 5.34. The van der Waals surface area contributed by atoms with Gasteiger partial charge in [-0.2, -0.15) is 0 Å². The van der Waals surface area contributed by atoms with E-state index in [9.17, 15) is 4.79 Å². The molecule has 0 radical (unpaired) electrons. The summed E-state index contributed by atoms with van der Waals surface area (Å²) in [7, 11) is 0. The molecule has 1 heterocycles. The lowest BCUT2D eigenvalue weighted by Crippen LogP contribution is -2.42. The van der Waals surface area contributed by atoms with E-state index in [1.54, 1.807) is 0 Å². The lowest BCUT2D eigenvalue weighted by molar-refractivity contribution is -0.130. The summed E-state index contributed by atoms with van der Waals surface area (Å²) in [6.07, 6.45) is 6.98. The van der Waals surface area contributed by atoms with Crippen LogP contribution in [0.1, 0.15) is 52.4 Å². The van der Waals surface area contributed by atoms with Crippen molar-refractivity contribution in [1.29, 1.82) is 0 Å². The molecule has 2 atom stereocenters. The zero-order valence-electron chi connectivity index (χ0n) is 10.7. The van der Waals surface area contributed by atoms with Crippen LogP contribution in [0.5, 0.6) is 0 Å². The third-order valence-electron chi connectivity index (χ3n) is 4.15. The van der Waals surface area contributed by atoms with Crippen LogP contribution in [-0.2, 0) is 4.79 Å². The minimum absolute atomic E-state index is 0.0885. The van der Waals surface area contributed by atoms with E-state index < -0.39 is 0 Å². The third-order valence-corrected chi connectivity index (χ3v) is 4.47. The number of thiocarbonyl (C=S) groups is 1. The molecule has 1 saturated heterocycles. The average molecular weight is 254 g/mol. The topological polar surface area (TPSA) is 32.3 Å². The summed E-state index contributed by atoms with van der Waals surface area (Å²) in [5, 5.41) is 3.87. The molecule has 2 aliphatic rings. The Hall–Kier alpha value is -0.640. The van der Waals surface area contributed by atoms with Crippen LogP contribution in [0.3, 0.4) is 0 Å². The molecule has 1 aliphatic carbocycles. The van der Waals surface area contributed by atoms with Gasteiger partial charge >= 0.3 is 0 Å². The summed E-state index contributed by atoms with van der Waals surface area (Å²) < 4.78 is 0. The highest BCUT2D eigenvalue weighted by Crippen LogP contribution is 2.27. The smallest absolute Gasteiger partial charge is 0.251 e. The van der Waals surface area contributed by atoms with Crippen molar-refractivity contribution >= 4 is 23.2 Å². The van der Waals surface area contributed by atoms with Gasteiger partial charge in [-0.05, 0) is 31.0 Å². The molecule has 0 unspecified atom stereocenters. The van der Waals surface area contributed by atoms with Gasteiger partial charge < -0.3 is 5.32 Å². The van der Waals surface area contributed by atoms with Gasteiger partial charge in [0.25, 0.3) is 5.91 Å². The maximum Gasteiger partial charge on any atom is 0.251 e. The van der Waals surface area contributed by atoms with Crippen molar-refractivity contribution in [3.63, 3.8) is 0 Å². The fourth-order valence-electron chi connectivity index (χ4n) is 2.82. The van der Waals surface area contributed by atoms with E-state index in [2.05, 4.69) is 19.2 Å². The Morgan fingerprint density at radius 3 is 2.65 bits per heavy atom. The first-order valence-corrected chi connectivity index (χ1v) is 7.19. The van der Waals surface area contributed by atoms with Crippen LogP contribution in [0.25, 0.3) is 0 Å². The Labute approximate surface area is 109 Å². The van der Waals surface area contributed by atoms with Crippen molar-refractivity contribution in [2.24, 2.45) is 5.92 Å². The van der Waals surface area contributed by atoms with Crippen molar-refractivity contribution in [3.05, 3.63) is 0 Å². The molecule has 1 amide bonds. The van der Waals surface area contributed by atoms with Gasteiger partial charge in [0.2, 0.25) is 0 Å². The van der Waals surface area contributed by atoms with Crippen LogP contribution < -0.4 is 5.32 Å². The molecule has 0 bridgehead atoms. The Balaban J connectivity index is 2.07. The summed E-state index contributed by atoms with van der Waals surface area (Å²) in [6, 6.07) is 0.264. The van der Waals surface area contributed by atoms with Gasteiger partial charge in [-0.3, -0.25) is 9.69 Å². The fourth-order valence-corrected chi connectivity index (χ4v) is 3.19. The number of carbonyl (C=O) groups excluding carboxylic acids is 1. The monoisotopic (exact) mass is 254 g/mol. The second-order valence-electron chi connectivity index (χ2n) is 5.31. The van der Waals surface area contributed by atoms with E-state index >= 15 is 0 Å². The quantitative estimate of drug-likeness (QED) is 0.785. The second-order valence-corrected chi connectivity index (χ2v) is 5.70. The number of carbonyl (C=O) groups is 1. The van der Waals surface area contributed by atoms with Crippen molar-refractivity contribution < 1.29 is 4.79 Å². The van der Waals surface area contributed by atoms with Crippen LogP contribution in [0.4, 0.5) is 0 Å². The van der Waals surface area contributed by atoms with Crippen LogP contribution >= 0.6 is 12.2 Å². The van der Waals surface area contributed by atoms with Crippen molar-refractivity contribution in [1.82, 2.24) is 10.2 Å². The minimum atomic E-state index is -0.0885. The average Bonchev–Trinajstić information content (AvgIpc) is 2.65.